The van der Waals surface area contributed by atoms with Gasteiger partial charge in [0, 0.05) is 17.4 Å². The Kier molecular flexibility index (Phi) is 3.69. The quantitative estimate of drug-likeness (QED) is 0.902. The van der Waals surface area contributed by atoms with Gasteiger partial charge in [0.25, 0.3) is 0 Å². The maximum Gasteiger partial charge on any atom is 0.349 e. The van der Waals surface area contributed by atoms with Crippen molar-refractivity contribution >= 4 is 23.2 Å². The van der Waals surface area contributed by atoms with Crippen molar-refractivity contribution in [2.45, 2.75) is 43.9 Å². The monoisotopic (exact) mass is 293 g/mol. The number of aromatic nitrogens is 4. The zero-order valence-electron chi connectivity index (χ0n) is 11.7. The van der Waals surface area contributed by atoms with E-state index in [1.54, 1.807) is 0 Å². The Balaban J connectivity index is 1.77. The lowest BCUT2D eigenvalue weighted by Gasteiger charge is -2.28. The molecule has 1 saturated carbocycles. The lowest BCUT2D eigenvalue weighted by molar-refractivity contribution is 0.472. The molecular formula is C13H19N5OS. The average molecular weight is 293 g/mol. The molecule has 7 heteroatoms. The number of nitrogens with one attached hydrogen (secondary N) is 2. The molecule has 0 aliphatic heterocycles. The molecular weight excluding hydrogens is 274 g/mol. The third-order valence-electron chi connectivity index (χ3n) is 3.93. The summed E-state index contributed by atoms with van der Waals surface area (Å²) in [6, 6.07) is 2.30. The molecule has 0 aromatic carbocycles. The summed E-state index contributed by atoms with van der Waals surface area (Å²) in [4.78, 5) is 16.0. The highest BCUT2D eigenvalue weighted by Crippen LogP contribution is 2.28. The molecule has 3 rings (SSSR count). The van der Waals surface area contributed by atoms with E-state index >= 15 is 0 Å². The lowest BCUT2D eigenvalue weighted by atomic mass is 9.95. The molecule has 0 saturated heterocycles. The highest BCUT2D eigenvalue weighted by atomic mass is 32.2. The Labute approximate surface area is 121 Å². The Morgan fingerprint density at radius 2 is 2.15 bits per heavy atom. The highest BCUT2D eigenvalue weighted by molar-refractivity contribution is 7.99. The largest absolute Gasteiger partial charge is 0.367 e. The van der Waals surface area contributed by atoms with Gasteiger partial charge in [-0.1, -0.05) is 0 Å². The van der Waals surface area contributed by atoms with Gasteiger partial charge in [-0.05, 0) is 38.9 Å². The van der Waals surface area contributed by atoms with E-state index in [1.165, 1.54) is 30.1 Å². The summed E-state index contributed by atoms with van der Waals surface area (Å²) >= 11 is 1.97. The second-order valence-electron chi connectivity index (χ2n) is 5.26. The Morgan fingerprint density at radius 1 is 1.40 bits per heavy atom. The first kappa shape index (κ1) is 13.5. The summed E-state index contributed by atoms with van der Waals surface area (Å²) in [5.74, 6) is 1.46. The van der Waals surface area contributed by atoms with Crippen molar-refractivity contribution in [3.05, 3.63) is 22.4 Å². The number of thioether (sulfide) groups is 1. The predicted molar refractivity (Wildman–Crippen MR) is 81.5 cm³/mol. The third kappa shape index (κ3) is 2.54. The Morgan fingerprint density at radius 3 is 2.85 bits per heavy atom. The normalized spacial score (nSPS) is 23.1. The highest BCUT2D eigenvalue weighted by Gasteiger charge is 2.20. The molecule has 20 heavy (non-hydrogen) atoms. The molecule has 0 atom stereocenters. The van der Waals surface area contributed by atoms with Gasteiger partial charge in [-0.2, -0.15) is 16.9 Å². The molecule has 0 unspecified atom stereocenters. The molecule has 108 valence electrons. The van der Waals surface area contributed by atoms with Gasteiger partial charge in [-0.15, -0.1) is 0 Å². The average Bonchev–Trinajstić information content (AvgIpc) is 2.81. The van der Waals surface area contributed by atoms with E-state index in [0.717, 1.165) is 11.1 Å². The van der Waals surface area contributed by atoms with Crippen LogP contribution in [-0.2, 0) is 0 Å². The maximum absolute atomic E-state index is 11.6. The molecule has 2 aromatic heterocycles. The van der Waals surface area contributed by atoms with E-state index in [9.17, 15) is 4.79 Å². The first-order valence-corrected chi connectivity index (χ1v) is 8.20. The lowest BCUT2D eigenvalue weighted by Crippen LogP contribution is -2.27. The number of fused-ring (bicyclic) bond motifs is 1. The van der Waals surface area contributed by atoms with Crippen molar-refractivity contribution in [3.8, 4) is 0 Å². The minimum atomic E-state index is -0.239. The van der Waals surface area contributed by atoms with Crippen LogP contribution in [0.3, 0.4) is 0 Å². The van der Waals surface area contributed by atoms with Crippen molar-refractivity contribution in [2.75, 3.05) is 11.6 Å². The van der Waals surface area contributed by atoms with Crippen molar-refractivity contribution in [1.82, 2.24) is 19.6 Å². The van der Waals surface area contributed by atoms with Gasteiger partial charge in [-0.25, -0.2) is 19.3 Å². The molecule has 0 bridgehead atoms. The van der Waals surface area contributed by atoms with Gasteiger partial charge >= 0.3 is 5.69 Å². The number of aromatic amines is 1. The summed E-state index contributed by atoms with van der Waals surface area (Å²) in [6.45, 7) is 1.82. The summed E-state index contributed by atoms with van der Waals surface area (Å²) in [5.41, 5.74) is 0.375. The van der Waals surface area contributed by atoms with E-state index in [1.807, 2.05) is 24.8 Å². The van der Waals surface area contributed by atoms with E-state index in [4.69, 9.17) is 0 Å². The number of anilines is 1. The fourth-order valence-electron chi connectivity index (χ4n) is 2.82. The van der Waals surface area contributed by atoms with E-state index in [2.05, 4.69) is 26.8 Å². The van der Waals surface area contributed by atoms with Crippen LogP contribution < -0.4 is 11.0 Å². The zero-order chi connectivity index (χ0) is 14.1. The van der Waals surface area contributed by atoms with Crippen molar-refractivity contribution in [3.63, 3.8) is 0 Å². The second-order valence-corrected chi connectivity index (χ2v) is 6.40. The number of rotatable bonds is 3. The van der Waals surface area contributed by atoms with Gasteiger partial charge in [0.1, 0.15) is 11.6 Å². The van der Waals surface area contributed by atoms with Gasteiger partial charge < -0.3 is 5.32 Å². The molecule has 2 N–H and O–H groups in total. The maximum atomic E-state index is 11.6. The molecule has 6 nitrogen and oxygen atoms in total. The van der Waals surface area contributed by atoms with Crippen LogP contribution in [0.2, 0.25) is 0 Å². The van der Waals surface area contributed by atoms with Crippen LogP contribution in [0.25, 0.3) is 5.65 Å². The first-order chi connectivity index (χ1) is 9.67. The van der Waals surface area contributed by atoms with Crippen LogP contribution in [0.4, 0.5) is 5.82 Å². The van der Waals surface area contributed by atoms with Gasteiger partial charge in [0.2, 0.25) is 0 Å². The van der Waals surface area contributed by atoms with Crippen LogP contribution >= 0.6 is 11.8 Å². The number of hydrogen-bond donors (Lipinski definition) is 2. The minimum Gasteiger partial charge on any atom is -0.367 e. The first-order valence-electron chi connectivity index (χ1n) is 6.91. The number of aryl methyl sites for hydroxylation is 1. The van der Waals surface area contributed by atoms with Crippen molar-refractivity contribution in [1.29, 1.82) is 0 Å². The molecule has 1 fully saturated rings. The van der Waals surface area contributed by atoms with Crippen LogP contribution in [-0.4, -0.2) is 37.1 Å². The van der Waals surface area contributed by atoms with E-state index in [-0.39, 0.29) is 5.69 Å². The molecule has 0 radical (unpaired) electrons. The van der Waals surface area contributed by atoms with Crippen molar-refractivity contribution in [2.24, 2.45) is 0 Å². The molecule has 0 amide bonds. The number of H-pyrrole nitrogens is 1. The van der Waals surface area contributed by atoms with Gasteiger partial charge in [0.05, 0.1) is 0 Å². The fourth-order valence-corrected chi connectivity index (χ4v) is 3.57. The Bertz CT molecular complexity index is 656. The smallest absolute Gasteiger partial charge is 0.349 e. The fraction of sp³-hybridized carbons (Fsp3) is 0.615. The Hall–Kier alpha value is -1.50. The number of nitrogens with zero attached hydrogens (tertiary/aromatic N) is 3. The van der Waals surface area contributed by atoms with Crippen molar-refractivity contribution < 1.29 is 0 Å². The zero-order valence-corrected chi connectivity index (χ0v) is 12.5. The third-order valence-corrected chi connectivity index (χ3v) is 5.07. The standard InChI is InChI=1S/C13H19N5OS/c1-8-14-11(7-12-16-17-13(19)18(8)12)15-9-3-5-10(20-2)6-4-9/h7,9-10,15H,3-6H2,1-2H3,(H,17,19). The molecule has 1 aliphatic carbocycles. The van der Waals surface area contributed by atoms with Crippen LogP contribution in [0.5, 0.6) is 0 Å². The minimum absolute atomic E-state index is 0.239. The van der Waals surface area contributed by atoms with E-state index < -0.39 is 0 Å². The second kappa shape index (κ2) is 5.47. The van der Waals surface area contributed by atoms with Crippen LogP contribution in [0, 0.1) is 6.92 Å². The SMILES string of the molecule is CSC1CCC(Nc2cc3n[nH]c(=O)n3c(C)n2)CC1. The summed E-state index contributed by atoms with van der Waals surface area (Å²) in [5, 5.41) is 10.7. The van der Waals surface area contributed by atoms with Crippen LogP contribution in [0.1, 0.15) is 31.5 Å². The molecule has 0 spiro atoms. The van der Waals surface area contributed by atoms with E-state index in [0.29, 0.717) is 17.5 Å². The molecule has 1 aliphatic rings. The summed E-state index contributed by atoms with van der Waals surface area (Å²) < 4.78 is 1.48. The summed E-state index contributed by atoms with van der Waals surface area (Å²) in [6.07, 6.45) is 7.03. The predicted octanol–water partition coefficient (Wildman–Crippen LogP) is 1.81. The molecule has 2 aromatic rings. The topological polar surface area (TPSA) is 75.1 Å². The summed E-state index contributed by atoms with van der Waals surface area (Å²) in [7, 11) is 0. The molecule has 2 heterocycles. The van der Waals surface area contributed by atoms with Crippen LogP contribution in [0.15, 0.2) is 10.9 Å². The van der Waals surface area contributed by atoms with Gasteiger partial charge in [-0.3, -0.25) is 0 Å². The number of hydrogen-bond acceptors (Lipinski definition) is 5. The van der Waals surface area contributed by atoms with Gasteiger partial charge in [0.15, 0.2) is 5.65 Å².